The quantitative estimate of drug-likeness (QED) is 0.760. The van der Waals surface area contributed by atoms with Gasteiger partial charge in [-0.1, -0.05) is 27.2 Å². The summed E-state index contributed by atoms with van der Waals surface area (Å²) in [5.74, 6) is 2.04. The van der Waals surface area contributed by atoms with Crippen LogP contribution < -0.4 is 5.56 Å². The molecule has 0 aliphatic carbocycles. The molecule has 1 aromatic heterocycles. The van der Waals surface area contributed by atoms with E-state index in [-0.39, 0.29) is 11.0 Å². The Balaban J connectivity index is 2.44. The molecule has 1 aromatic rings. The summed E-state index contributed by atoms with van der Waals surface area (Å²) in [4.78, 5) is 19.7. The minimum atomic E-state index is -0.0845. The first kappa shape index (κ1) is 14.4. The van der Waals surface area contributed by atoms with Gasteiger partial charge >= 0.3 is 0 Å². The second kappa shape index (κ2) is 5.53. The van der Waals surface area contributed by atoms with Crippen LogP contribution in [0.4, 0.5) is 0 Å². The highest BCUT2D eigenvalue weighted by atomic mass is 127. The lowest BCUT2D eigenvalue weighted by Gasteiger charge is -2.24. The van der Waals surface area contributed by atoms with Gasteiger partial charge in [-0.2, -0.15) is 11.8 Å². The molecule has 0 saturated carbocycles. The molecular weight excluding hydrogens is 359 g/mol. The number of H-pyrrole nitrogens is 1. The predicted octanol–water partition coefficient (Wildman–Crippen LogP) is 3.63. The molecule has 5 heteroatoms. The van der Waals surface area contributed by atoms with Crippen molar-refractivity contribution in [2.24, 2.45) is 0 Å². The van der Waals surface area contributed by atoms with Crippen LogP contribution >= 0.6 is 34.4 Å². The van der Waals surface area contributed by atoms with E-state index in [2.05, 4.69) is 48.3 Å². The number of nitrogens with zero attached hydrogens (tertiary/aromatic N) is 1. The van der Waals surface area contributed by atoms with Crippen molar-refractivity contribution in [2.45, 2.75) is 50.7 Å². The minimum Gasteiger partial charge on any atom is -0.309 e. The van der Waals surface area contributed by atoms with Crippen molar-refractivity contribution in [3.8, 4) is 0 Å². The second-order valence-electron chi connectivity index (χ2n) is 5.72. The molecule has 1 N–H and O–H groups in total. The van der Waals surface area contributed by atoms with Gasteiger partial charge in [0.05, 0.1) is 10.9 Å². The lowest BCUT2D eigenvalue weighted by Crippen LogP contribution is -2.26. The standard InChI is InChI=1S/C13H19IN2OS/c1-13(2,3)10-9(14)12(17)16-11(15-10)8-6-4-5-7-18-8/h8H,4-7H2,1-3H3,(H,15,16,17). The first-order chi connectivity index (χ1) is 8.39. The van der Waals surface area contributed by atoms with E-state index in [1.165, 1.54) is 18.6 Å². The third-order valence-electron chi connectivity index (χ3n) is 3.08. The van der Waals surface area contributed by atoms with Gasteiger partial charge in [-0.15, -0.1) is 0 Å². The molecule has 1 aliphatic heterocycles. The van der Waals surface area contributed by atoms with Crippen LogP contribution in [-0.4, -0.2) is 15.7 Å². The van der Waals surface area contributed by atoms with E-state index in [1.807, 2.05) is 11.8 Å². The molecule has 100 valence electrons. The van der Waals surface area contributed by atoms with Gasteiger partial charge in [0.25, 0.3) is 5.56 Å². The van der Waals surface area contributed by atoms with E-state index in [1.54, 1.807) is 0 Å². The van der Waals surface area contributed by atoms with Gasteiger partial charge in [0.1, 0.15) is 9.39 Å². The number of halogens is 1. The van der Waals surface area contributed by atoms with Crippen LogP contribution in [0.5, 0.6) is 0 Å². The van der Waals surface area contributed by atoms with Crippen molar-refractivity contribution in [2.75, 3.05) is 5.75 Å². The molecular formula is C13H19IN2OS. The van der Waals surface area contributed by atoms with E-state index in [0.29, 0.717) is 5.25 Å². The maximum atomic E-state index is 12.0. The molecule has 18 heavy (non-hydrogen) atoms. The molecule has 2 heterocycles. The van der Waals surface area contributed by atoms with Gasteiger partial charge in [-0.3, -0.25) is 4.79 Å². The largest absolute Gasteiger partial charge is 0.309 e. The normalized spacial score (nSPS) is 21.0. The molecule has 0 aromatic carbocycles. The van der Waals surface area contributed by atoms with Gasteiger partial charge in [0.15, 0.2) is 0 Å². The van der Waals surface area contributed by atoms with Crippen molar-refractivity contribution >= 4 is 34.4 Å². The zero-order chi connectivity index (χ0) is 13.3. The number of nitrogens with one attached hydrogen (secondary N) is 1. The van der Waals surface area contributed by atoms with E-state index < -0.39 is 0 Å². The number of rotatable bonds is 1. The highest BCUT2D eigenvalue weighted by Crippen LogP contribution is 2.37. The fraction of sp³-hybridized carbons (Fsp3) is 0.692. The first-order valence-corrected chi connectivity index (χ1v) is 8.44. The molecule has 0 spiro atoms. The Kier molecular flexibility index (Phi) is 4.41. The Labute approximate surface area is 126 Å². The molecule has 1 unspecified atom stereocenters. The fourth-order valence-electron chi connectivity index (χ4n) is 2.08. The van der Waals surface area contributed by atoms with Crippen LogP contribution in [0, 0.1) is 3.57 Å². The van der Waals surface area contributed by atoms with Gasteiger partial charge < -0.3 is 4.98 Å². The molecule has 1 aliphatic rings. The monoisotopic (exact) mass is 378 g/mol. The van der Waals surface area contributed by atoms with Gasteiger partial charge in [0, 0.05) is 5.41 Å². The van der Waals surface area contributed by atoms with Crippen LogP contribution in [0.2, 0.25) is 0 Å². The topological polar surface area (TPSA) is 45.8 Å². The summed E-state index contributed by atoms with van der Waals surface area (Å²) in [7, 11) is 0. The first-order valence-electron chi connectivity index (χ1n) is 6.31. The van der Waals surface area contributed by atoms with Gasteiger partial charge in [0.2, 0.25) is 0 Å². The summed E-state index contributed by atoms with van der Waals surface area (Å²) < 4.78 is 0.727. The number of hydrogen-bond acceptors (Lipinski definition) is 3. The number of aromatic amines is 1. The summed E-state index contributed by atoms with van der Waals surface area (Å²) in [5, 5.41) is 0.365. The SMILES string of the molecule is CC(C)(C)c1nc(C2CCCCS2)[nH]c(=O)c1I. The molecule has 3 nitrogen and oxygen atoms in total. The zero-order valence-corrected chi connectivity index (χ0v) is 14.0. The van der Waals surface area contributed by atoms with Gasteiger partial charge in [-0.25, -0.2) is 4.98 Å². The smallest absolute Gasteiger partial charge is 0.264 e. The van der Waals surface area contributed by atoms with E-state index in [9.17, 15) is 4.79 Å². The Bertz CT molecular complexity index is 487. The molecule has 0 radical (unpaired) electrons. The Morgan fingerprint density at radius 2 is 2.11 bits per heavy atom. The van der Waals surface area contributed by atoms with Crippen LogP contribution in [-0.2, 0) is 5.41 Å². The summed E-state index contributed by atoms with van der Waals surface area (Å²) in [6, 6.07) is 0. The highest BCUT2D eigenvalue weighted by Gasteiger charge is 2.25. The van der Waals surface area contributed by atoms with Crippen LogP contribution in [0.15, 0.2) is 4.79 Å². The number of hydrogen-bond donors (Lipinski definition) is 1. The minimum absolute atomic E-state index is 0.0108. The lowest BCUT2D eigenvalue weighted by atomic mass is 9.92. The number of thioether (sulfide) groups is 1. The van der Waals surface area contributed by atoms with Crippen molar-refractivity contribution in [3.63, 3.8) is 0 Å². The average molecular weight is 378 g/mol. The van der Waals surface area contributed by atoms with Crippen molar-refractivity contribution in [1.82, 2.24) is 9.97 Å². The summed E-state index contributed by atoms with van der Waals surface area (Å²) in [5.41, 5.74) is 0.850. The molecule has 0 amide bonds. The molecule has 1 saturated heterocycles. The lowest BCUT2D eigenvalue weighted by molar-refractivity contribution is 0.550. The third kappa shape index (κ3) is 3.10. The van der Waals surface area contributed by atoms with Crippen LogP contribution in [0.25, 0.3) is 0 Å². The fourth-order valence-corrected chi connectivity index (χ4v) is 4.40. The maximum Gasteiger partial charge on any atom is 0.264 e. The molecule has 0 bridgehead atoms. The van der Waals surface area contributed by atoms with Gasteiger partial charge in [-0.05, 0) is 41.2 Å². The average Bonchev–Trinajstić information content (AvgIpc) is 2.32. The Morgan fingerprint density at radius 1 is 1.39 bits per heavy atom. The Morgan fingerprint density at radius 3 is 2.67 bits per heavy atom. The summed E-state index contributed by atoms with van der Waals surface area (Å²) in [6.45, 7) is 6.32. The van der Waals surface area contributed by atoms with E-state index in [4.69, 9.17) is 4.98 Å². The molecule has 1 atom stereocenters. The highest BCUT2D eigenvalue weighted by molar-refractivity contribution is 14.1. The second-order valence-corrected chi connectivity index (χ2v) is 8.11. The Hall–Kier alpha value is -0.0400. The summed E-state index contributed by atoms with van der Waals surface area (Å²) >= 11 is 4.02. The zero-order valence-electron chi connectivity index (χ0n) is 11.0. The molecule has 1 fully saturated rings. The van der Waals surface area contributed by atoms with Crippen LogP contribution in [0.3, 0.4) is 0 Å². The van der Waals surface area contributed by atoms with Crippen molar-refractivity contribution in [1.29, 1.82) is 0 Å². The third-order valence-corrected chi connectivity index (χ3v) is 5.46. The number of aromatic nitrogens is 2. The maximum absolute atomic E-state index is 12.0. The van der Waals surface area contributed by atoms with E-state index in [0.717, 1.165) is 21.5 Å². The van der Waals surface area contributed by atoms with Crippen LogP contribution in [0.1, 0.15) is 56.8 Å². The molecule has 2 rings (SSSR count). The van der Waals surface area contributed by atoms with Crippen molar-refractivity contribution < 1.29 is 0 Å². The predicted molar refractivity (Wildman–Crippen MR) is 85.3 cm³/mol. The van der Waals surface area contributed by atoms with Crippen molar-refractivity contribution in [3.05, 3.63) is 25.4 Å². The summed E-state index contributed by atoms with van der Waals surface area (Å²) in [6.07, 6.45) is 3.64. The van der Waals surface area contributed by atoms with E-state index >= 15 is 0 Å².